The molecule has 0 radical (unpaired) electrons. The predicted molar refractivity (Wildman–Crippen MR) is 434 cm³/mol. The monoisotopic (exact) mass is 1290 g/mol. The highest BCUT2D eigenvalue weighted by Gasteiger charge is 2.11. The van der Waals surface area contributed by atoms with E-state index in [2.05, 4.69) is 433 Å². The van der Waals surface area contributed by atoms with Crippen molar-refractivity contribution in [1.29, 1.82) is 0 Å². The molecule has 0 N–H and O–H groups in total. The number of hydrogen-bond acceptors (Lipinski definition) is 0. The molecule has 0 aliphatic heterocycles. The first kappa shape index (κ1) is 69.6. The largest absolute Gasteiger partial charge is 0.0620 e. The molecule has 490 valence electrons. The van der Waals surface area contributed by atoms with Crippen molar-refractivity contribution in [3.63, 3.8) is 0 Å². The van der Waals surface area contributed by atoms with E-state index in [9.17, 15) is 0 Å². The van der Waals surface area contributed by atoms with E-state index in [1.807, 2.05) is 0 Å². The maximum atomic E-state index is 2.28. The third-order valence-corrected chi connectivity index (χ3v) is 18.7. The molecular formula is C100H90. The van der Waals surface area contributed by atoms with Gasteiger partial charge in [-0.25, -0.2) is 0 Å². The van der Waals surface area contributed by atoms with Gasteiger partial charge in [-0.2, -0.15) is 0 Å². The predicted octanol–water partition coefficient (Wildman–Crippen LogP) is 28.2. The molecule has 0 aliphatic carbocycles. The van der Waals surface area contributed by atoms with Gasteiger partial charge in [0.05, 0.1) is 0 Å². The number of aryl methyl sites for hydroxylation is 10. The molecule has 100 heavy (non-hydrogen) atoms. The molecule has 15 rings (SSSR count). The first-order chi connectivity index (χ1) is 48.7. The fraction of sp³-hybridized carbons (Fsp3) is 0.100. The van der Waals surface area contributed by atoms with Crippen LogP contribution in [0.4, 0.5) is 0 Å². The van der Waals surface area contributed by atoms with E-state index in [4.69, 9.17) is 0 Å². The van der Waals surface area contributed by atoms with Crippen LogP contribution in [0.25, 0.3) is 111 Å². The van der Waals surface area contributed by atoms with Crippen molar-refractivity contribution in [3.8, 4) is 111 Å². The smallest absolute Gasteiger partial charge is 0.0103 e. The van der Waals surface area contributed by atoms with E-state index < -0.39 is 0 Å². The van der Waals surface area contributed by atoms with Gasteiger partial charge >= 0.3 is 0 Å². The fourth-order valence-electron chi connectivity index (χ4n) is 12.9. The Morgan fingerprint density at radius 2 is 0.320 bits per heavy atom. The summed E-state index contributed by atoms with van der Waals surface area (Å²) in [6, 6.07) is 130. The summed E-state index contributed by atoms with van der Waals surface area (Å²) in [5, 5.41) is 0. The summed E-state index contributed by atoms with van der Waals surface area (Å²) in [5.74, 6) is 0. The molecule has 0 unspecified atom stereocenters. The lowest BCUT2D eigenvalue weighted by molar-refractivity contribution is 1.44. The molecule has 15 aromatic carbocycles. The molecule has 0 aromatic heterocycles. The van der Waals surface area contributed by atoms with Crippen molar-refractivity contribution >= 4 is 0 Å². The van der Waals surface area contributed by atoms with Gasteiger partial charge in [-0.05, 0) is 238 Å². The summed E-state index contributed by atoms with van der Waals surface area (Å²) < 4.78 is 0. The van der Waals surface area contributed by atoms with Gasteiger partial charge in [0.1, 0.15) is 0 Å². The van der Waals surface area contributed by atoms with E-state index >= 15 is 0 Å². The zero-order valence-electron chi connectivity index (χ0n) is 59.6. The second-order valence-electron chi connectivity index (χ2n) is 26.2. The van der Waals surface area contributed by atoms with Gasteiger partial charge < -0.3 is 0 Å². The van der Waals surface area contributed by atoms with E-state index in [-0.39, 0.29) is 0 Å². The van der Waals surface area contributed by atoms with Crippen molar-refractivity contribution in [2.75, 3.05) is 0 Å². The minimum atomic E-state index is 1.27. The topological polar surface area (TPSA) is 0 Å². The summed E-state index contributed by atoms with van der Waals surface area (Å²) in [6.45, 7) is 21.5. The Morgan fingerprint density at radius 1 is 0.110 bits per heavy atom. The molecule has 0 heterocycles. The summed E-state index contributed by atoms with van der Waals surface area (Å²) in [7, 11) is 0. The zero-order valence-corrected chi connectivity index (χ0v) is 59.6. The second-order valence-corrected chi connectivity index (χ2v) is 26.2. The highest BCUT2D eigenvalue weighted by molar-refractivity contribution is 5.85. The molecule has 0 fully saturated rings. The summed E-state index contributed by atoms with van der Waals surface area (Å²) in [6.07, 6.45) is 0. The average molecular weight is 1290 g/mol. The molecule has 0 saturated carbocycles. The normalized spacial score (nSPS) is 10.5. The van der Waals surface area contributed by atoms with Crippen molar-refractivity contribution in [3.05, 3.63) is 420 Å². The van der Waals surface area contributed by atoms with Gasteiger partial charge in [-0.3, -0.25) is 0 Å². The van der Waals surface area contributed by atoms with Crippen LogP contribution in [0.3, 0.4) is 0 Å². The quantitative estimate of drug-likeness (QED) is 0.128. The average Bonchev–Trinajstić information content (AvgIpc) is 0.830. The van der Waals surface area contributed by atoms with E-state index in [0.717, 1.165) is 0 Å². The Balaban J connectivity index is 0.000000126. The summed E-state index contributed by atoms with van der Waals surface area (Å²) in [4.78, 5) is 0. The lowest BCUT2D eigenvalue weighted by atomic mass is 9.92. The van der Waals surface area contributed by atoms with Crippen LogP contribution in [0.2, 0.25) is 0 Å². The van der Waals surface area contributed by atoms with Crippen LogP contribution in [-0.4, -0.2) is 0 Å². The maximum Gasteiger partial charge on any atom is -0.0103 e. The highest BCUT2D eigenvalue weighted by Crippen LogP contribution is 2.36. The number of hydrogen-bond donors (Lipinski definition) is 0. The van der Waals surface area contributed by atoms with Crippen molar-refractivity contribution in [1.82, 2.24) is 0 Å². The molecule has 0 saturated heterocycles. The zero-order chi connectivity index (χ0) is 69.7. The third kappa shape index (κ3) is 18.1. The van der Waals surface area contributed by atoms with Crippen LogP contribution < -0.4 is 0 Å². The lowest BCUT2D eigenvalue weighted by Gasteiger charge is -2.12. The van der Waals surface area contributed by atoms with Gasteiger partial charge in [-0.1, -0.05) is 362 Å². The van der Waals surface area contributed by atoms with Gasteiger partial charge in [-0.15, -0.1) is 0 Å². The van der Waals surface area contributed by atoms with E-state index in [1.165, 1.54) is 167 Å². The fourth-order valence-corrected chi connectivity index (χ4v) is 12.9. The number of rotatable bonds is 10. The van der Waals surface area contributed by atoms with Crippen LogP contribution in [0.1, 0.15) is 55.6 Å². The summed E-state index contributed by atoms with van der Waals surface area (Å²) in [5.41, 5.74) is 38.9. The highest BCUT2D eigenvalue weighted by atomic mass is 14.2. The van der Waals surface area contributed by atoms with Crippen LogP contribution in [-0.2, 0) is 0 Å². The molecule has 0 nitrogen and oxygen atoms in total. The SMILES string of the molecule is Cc1ccc(-c2cccc(-c3ccccc3C)c2)cc1.Cc1ccc(-c2ccccc2-c2ccccc2C)cc1.Cc1cccc(-c2cccc(-c3ccccc3C)c2)c1.Cc1ccccc1-c1ccc(-c2ccccc2C)cc1.Cc1ccccc1-c1cccc(-c2ccccc2C)c1. The standard InChI is InChI=1S/5C20H18/c1-15-8-3-5-12-19(15)17-10-7-11-18(14-17)20-13-6-4-9-16(20)2;1-15-7-3-5-9-19(15)17-11-13-18(14-12-17)20-10-6-4-8-16(20)2;1-15-7-5-9-17(13-15)18-10-6-11-19(14-18)20-12-4-3-8-16(20)2;1-15-11-13-17(14-12-15)19-9-5-6-10-20(19)18-8-4-3-7-16(18)2;1-15-10-12-17(13-11-15)18-7-5-8-19(14-18)20-9-4-3-6-16(20)2/h5*3-14H,1-2H3. The Labute approximate surface area is 596 Å². The third-order valence-electron chi connectivity index (χ3n) is 18.7. The first-order valence-electron chi connectivity index (χ1n) is 34.9. The van der Waals surface area contributed by atoms with Crippen LogP contribution in [0.15, 0.2) is 364 Å². The Kier molecular flexibility index (Phi) is 23.7. The molecule has 0 amide bonds. The lowest BCUT2D eigenvalue weighted by Crippen LogP contribution is -1.87. The Morgan fingerprint density at radius 3 is 0.640 bits per heavy atom. The van der Waals surface area contributed by atoms with Crippen molar-refractivity contribution < 1.29 is 0 Å². The maximum absolute atomic E-state index is 2.28. The molecule has 0 aliphatic rings. The van der Waals surface area contributed by atoms with Crippen LogP contribution in [0, 0.1) is 69.2 Å². The van der Waals surface area contributed by atoms with E-state index in [1.54, 1.807) is 0 Å². The molecule has 0 heteroatoms. The van der Waals surface area contributed by atoms with E-state index in [0.29, 0.717) is 0 Å². The van der Waals surface area contributed by atoms with Crippen molar-refractivity contribution in [2.24, 2.45) is 0 Å². The second kappa shape index (κ2) is 34.0. The molecule has 0 spiro atoms. The van der Waals surface area contributed by atoms with Gasteiger partial charge in [0.25, 0.3) is 0 Å². The van der Waals surface area contributed by atoms with Gasteiger partial charge in [0, 0.05) is 0 Å². The van der Waals surface area contributed by atoms with Crippen LogP contribution >= 0.6 is 0 Å². The van der Waals surface area contributed by atoms with Gasteiger partial charge in [0.15, 0.2) is 0 Å². The molecule has 0 bridgehead atoms. The Bertz CT molecular complexity index is 5030. The van der Waals surface area contributed by atoms with Gasteiger partial charge in [0.2, 0.25) is 0 Å². The minimum Gasteiger partial charge on any atom is -0.0620 e. The summed E-state index contributed by atoms with van der Waals surface area (Å²) >= 11 is 0. The minimum absolute atomic E-state index is 1.27. The van der Waals surface area contributed by atoms with Crippen molar-refractivity contribution in [2.45, 2.75) is 69.2 Å². The molecule has 0 atom stereocenters. The molecule has 15 aromatic rings. The molecular weight excluding hydrogens is 1200 g/mol. The first-order valence-corrected chi connectivity index (χ1v) is 34.9. The Hall–Kier alpha value is -11.7. The van der Waals surface area contributed by atoms with Crippen LogP contribution in [0.5, 0.6) is 0 Å². The number of benzene rings is 15.